The molecule has 2 aromatic rings. The van der Waals surface area contributed by atoms with Crippen molar-refractivity contribution in [3.63, 3.8) is 0 Å². The number of esters is 2. The van der Waals surface area contributed by atoms with Crippen molar-refractivity contribution in [3.05, 3.63) is 72.8 Å². The molecule has 0 radical (unpaired) electrons. The number of hydrogen-bond donors (Lipinski definition) is 2. The Morgan fingerprint density at radius 1 is 0.587 bits per heavy atom. The monoisotopic (exact) mass is 632 g/mol. The molecular weight excluding hydrogens is 580 g/mol. The van der Waals surface area contributed by atoms with E-state index in [1.807, 2.05) is 12.2 Å². The molecule has 2 aromatic carbocycles. The van der Waals surface area contributed by atoms with Gasteiger partial charge in [-0.2, -0.15) is 0 Å². The van der Waals surface area contributed by atoms with Gasteiger partial charge in [-0.3, -0.25) is 19.6 Å². The molecule has 0 spiro atoms. The molecule has 0 aromatic heterocycles. The highest BCUT2D eigenvalue weighted by Crippen LogP contribution is 2.23. The quantitative estimate of drug-likeness (QED) is 0.0371. The first-order valence-electron chi connectivity index (χ1n) is 16.7. The van der Waals surface area contributed by atoms with E-state index in [0.29, 0.717) is 48.6 Å². The molecule has 0 atom stereocenters. The van der Waals surface area contributed by atoms with Gasteiger partial charge in [0.15, 0.2) is 0 Å². The second-order valence-corrected chi connectivity index (χ2v) is 11.4. The molecule has 0 bridgehead atoms. The number of benzene rings is 2. The van der Waals surface area contributed by atoms with E-state index in [2.05, 4.69) is 23.1 Å². The molecule has 0 fully saturated rings. The molecule has 2 N–H and O–H groups in total. The highest BCUT2D eigenvalue weighted by atomic mass is 16.5. The summed E-state index contributed by atoms with van der Waals surface area (Å²) >= 11 is 0. The van der Waals surface area contributed by atoms with Crippen molar-refractivity contribution >= 4 is 24.4 Å². The van der Waals surface area contributed by atoms with Crippen molar-refractivity contribution in [3.8, 4) is 23.0 Å². The fourth-order valence-corrected chi connectivity index (χ4v) is 4.74. The number of carbonyl (C=O) groups excluding carboxylic acids is 2. The van der Waals surface area contributed by atoms with Crippen molar-refractivity contribution in [1.82, 2.24) is 0 Å². The van der Waals surface area contributed by atoms with E-state index in [1.165, 1.54) is 63.1 Å². The topological polar surface area (TPSA) is 118 Å². The van der Waals surface area contributed by atoms with Crippen LogP contribution >= 0.6 is 0 Å². The number of unbranched alkanes of at least 4 members (excludes halogenated alkanes) is 12. The Morgan fingerprint density at radius 3 is 1.35 bits per heavy atom. The van der Waals surface area contributed by atoms with Gasteiger partial charge < -0.3 is 19.7 Å². The predicted molar refractivity (Wildman–Crippen MR) is 187 cm³/mol. The third-order valence-corrected chi connectivity index (χ3v) is 7.36. The molecule has 250 valence electrons. The third-order valence-electron chi connectivity index (χ3n) is 7.36. The Balaban J connectivity index is 1.72. The molecule has 0 saturated heterocycles. The van der Waals surface area contributed by atoms with Crippen molar-refractivity contribution in [2.45, 2.75) is 103 Å². The number of aliphatic imine (C=N–C) groups is 2. The number of rotatable bonds is 25. The number of aromatic hydroxyl groups is 2. The Hall–Kier alpha value is -4.20. The summed E-state index contributed by atoms with van der Waals surface area (Å²) in [6.45, 7) is 8.13. The first kappa shape index (κ1) is 38.0. The number of ether oxygens (including phenoxy) is 2. The smallest absolute Gasteiger partial charge is 0.311 e. The van der Waals surface area contributed by atoms with Gasteiger partial charge in [0.1, 0.15) is 23.0 Å². The zero-order valence-electron chi connectivity index (χ0n) is 27.3. The second-order valence-electron chi connectivity index (χ2n) is 11.4. The SMILES string of the molecule is C=CCCCCCCCCC(=O)Oc1ccc(O)c(C=NCCN=Cc2cc(OC(=O)CCCCCCCCC=C)ccc2O)c1. The number of phenolic OH excluding ortho intramolecular Hbond substituents is 2. The van der Waals surface area contributed by atoms with Gasteiger partial charge in [-0.05, 0) is 74.9 Å². The highest BCUT2D eigenvalue weighted by Gasteiger charge is 2.09. The van der Waals surface area contributed by atoms with E-state index < -0.39 is 0 Å². The lowest BCUT2D eigenvalue weighted by Gasteiger charge is -2.07. The fourth-order valence-electron chi connectivity index (χ4n) is 4.74. The van der Waals surface area contributed by atoms with E-state index in [-0.39, 0.29) is 23.4 Å². The number of phenols is 2. The minimum atomic E-state index is -0.294. The molecule has 0 amide bonds. The zero-order valence-corrected chi connectivity index (χ0v) is 27.3. The van der Waals surface area contributed by atoms with Crippen LogP contribution in [0, 0.1) is 0 Å². The Bertz CT molecular complexity index is 1170. The maximum atomic E-state index is 12.2. The zero-order chi connectivity index (χ0) is 33.2. The van der Waals surface area contributed by atoms with Crippen LogP contribution in [-0.2, 0) is 9.59 Å². The largest absolute Gasteiger partial charge is 0.507 e. The minimum absolute atomic E-state index is 0.0269. The average Bonchev–Trinajstić information content (AvgIpc) is 3.04. The van der Waals surface area contributed by atoms with Crippen molar-refractivity contribution in [2.75, 3.05) is 13.1 Å². The Labute approximate surface area is 275 Å². The van der Waals surface area contributed by atoms with Crippen molar-refractivity contribution < 1.29 is 29.3 Å². The first-order chi connectivity index (χ1) is 22.4. The predicted octanol–water partition coefficient (Wildman–Crippen LogP) is 9.06. The number of carbonyl (C=O) groups is 2. The average molecular weight is 633 g/mol. The molecule has 0 saturated carbocycles. The summed E-state index contributed by atoms with van der Waals surface area (Å²) in [5.74, 6) is 0.184. The van der Waals surface area contributed by atoms with Crippen LogP contribution in [0.1, 0.15) is 114 Å². The lowest BCUT2D eigenvalue weighted by molar-refractivity contribution is -0.135. The van der Waals surface area contributed by atoms with E-state index >= 15 is 0 Å². The van der Waals surface area contributed by atoms with Crippen LogP contribution in [0.25, 0.3) is 0 Å². The Kier molecular flexibility index (Phi) is 19.9. The van der Waals surface area contributed by atoms with Gasteiger partial charge in [0.25, 0.3) is 0 Å². The molecule has 0 aliphatic carbocycles. The summed E-state index contributed by atoms with van der Waals surface area (Å²) in [5.41, 5.74) is 0.869. The van der Waals surface area contributed by atoms with Gasteiger partial charge in [-0.25, -0.2) is 0 Å². The molecule has 0 heterocycles. The van der Waals surface area contributed by atoms with Gasteiger partial charge in [0.05, 0.1) is 13.1 Å². The van der Waals surface area contributed by atoms with Crippen LogP contribution in [0.3, 0.4) is 0 Å². The summed E-state index contributed by atoms with van der Waals surface area (Å²) in [6.07, 6.45) is 22.6. The van der Waals surface area contributed by atoms with Gasteiger partial charge in [0, 0.05) is 36.4 Å². The van der Waals surface area contributed by atoms with Gasteiger partial charge >= 0.3 is 11.9 Å². The van der Waals surface area contributed by atoms with Crippen molar-refractivity contribution in [2.24, 2.45) is 9.98 Å². The van der Waals surface area contributed by atoms with E-state index in [1.54, 1.807) is 24.3 Å². The van der Waals surface area contributed by atoms with Gasteiger partial charge in [0.2, 0.25) is 0 Å². The molecule has 0 unspecified atom stereocenters. The summed E-state index contributed by atoms with van der Waals surface area (Å²) in [4.78, 5) is 33.1. The van der Waals surface area contributed by atoms with E-state index in [9.17, 15) is 19.8 Å². The van der Waals surface area contributed by atoms with E-state index in [0.717, 1.165) is 51.4 Å². The Morgan fingerprint density at radius 2 is 0.957 bits per heavy atom. The fraction of sp³-hybridized carbons (Fsp3) is 0.474. The second kappa shape index (κ2) is 24.1. The molecular formula is C38H52N2O6. The standard InChI is InChI=1S/C38H52N2O6/c1-3-5-7-9-11-13-15-17-19-37(43)45-33-21-23-35(41)31(27-33)29-39-25-26-40-30-32-28-34(22-24-36(32)42)46-38(44)20-18-16-14-12-10-8-6-4-2/h3-4,21-24,27-30,41-42H,1-2,5-20,25-26H2. The molecule has 8 nitrogen and oxygen atoms in total. The number of nitrogens with zero attached hydrogens (tertiary/aromatic N) is 2. The molecule has 46 heavy (non-hydrogen) atoms. The summed E-state index contributed by atoms with van der Waals surface area (Å²) in [5, 5.41) is 20.4. The summed E-state index contributed by atoms with van der Waals surface area (Å²) in [7, 11) is 0. The van der Waals surface area contributed by atoms with Gasteiger partial charge in [-0.15, -0.1) is 13.2 Å². The number of allylic oxidation sites excluding steroid dienone is 2. The third kappa shape index (κ3) is 17.3. The van der Waals surface area contributed by atoms with Gasteiger partial charge in [-0.1, -0.05) is 63.5 Å². The molecule has 0 aliphatic heterocycles. The van der Waals surface area contributed by atoms with E-state index in [4.69, 9.17) is 9.47 Å². The highest BCUT2D eigenvalue weighted by molar-refractivity contribution is 5.85. The van der Waals surface area contributed by atoms with Crippen LogP contribution in [0.2, 0.25) is 0 Å². The maximum Gasteiger partial charge on any atom is 0.311 e. The van der Waals surface area contributed by atoms with Crippen LogP contribution in [0.5, 0.6) is 23.0 Å². The van der Waals surface area contributed by atoms with Crippen molar-refractivity contribution in [1.29, 1.82) is 0 Å². The number of hydrogen-bond acceptors (Lipinski definition) is 8. The summed E-state index contributed by atoms with van der Waals surface area (Å²) in [6, 6.07) is 9.22. The van der Waals surface area contributed by atoms with Crippen LogP contribution < -0.4 is 9.47 Å². The molecule has 0 aliphatic rings. The molecule has 2 rings (SSSR count). The lowest BCUT2D eigenvalue weighted by atomic mass is 10.1. The van der Waals surface area contributed by atoms with Crippen LogP contribution in [-0.4, -0.2) is 47.7 Å². The maximum absolute atomic E-state index is 12.2. The minimum Gasteiger partial charge on any atom is -0.507 e. The van der Waals surface area contributed by atoms with Crippen LogP contribution in [0.4, 0.5) is 0 Å². The van der Waals surface area contributed by atoms with Crippen LogP contribution in [0.15, 0.2) is 71.7 Å². The molecule has 8 heteroatoms. The normalized spacial score (nSPS) is 11.2. The lowest BCUT2D eigenvalue weighted by Crippen LogP contribution is -2.07. The summed E-state index contributed by atoms with van der Waals surface area (Å²) < 4.78 is 10.9. The first-order valence-corrected chi connectivity index (χ1v) is 16.7.